The second-order valence-electron chi connectivity index (χ2n) is 3.01. The molecule has 7 heteroatoms. The van der Waals surface area contributed by atoms with Crippen molar-refractivity contribution in [1.82, 2.24) is 4.98 Å². The fraction of sp³-hybridized carbons (Fsp3) is 0.286. The molecule has 1 aromatic rings. The fourth-order valence-electron chi connectivity index (χ4n) is 1.35. The van der Waals surface area contributed by atoms with Crippen molar-refractivity contribution in [2.24, 2.45) is 0 Å². The van der Waals surface area contributed by atoms with Crippen molar-refractivity contribution >= 4 is 31.9 Å². The Hall–Kier alpha value is -0.660. The molecule has 0 radical (unpaired) electrons. The highest BCUT2D eigenvalue weighted by Crippen LogP contribution is 2.27. The molecule has 0 saturated heterocycles. The van der Waals surface area contributed by atoms with Gasteiger partial charge in [0.25, 0.3) is 10.1 Å². The van der Waals surface area contributed by atoms with Crippen molar-refractivity contribution in [2.45, 2.75) is 11.8 Å². The Morgan fingerprint density at radius 3 is 3.00 bits per heavy atom. The Bertz CT molecular complexity index is 474. The van der Waals surface area contributed by atoms with Gasteiger partial charge >= 0.3 is 0 Å². The van der Waals surface area contributed by atoms with Gasteiger partial charge in [-0.05, 0) is 27.6 Å². The van der Waals surface area contributed by atoms with Gasteiger partial charge in [0.1, 0.15) is 5.82 Å². The third kappa shape index (κ3) is 1.75. The Labute approximate surface area is 89.4 Å². The molecule has 0 aromatic carbocycles. The summed E-state index contributed by atoms with van der Waals surface area (Å²) in [5.41, 5.74) is 0.780. The molecule has 1 aromatic heterocycles. The summed E-state index contributed by atoms with van der Waals surface area (Å²) in [6.45, 7) is 0. The summed E-state index contributed by atoms with van der Waals surface area (Å²) < 4.78 is 31.3. The summed E-state index contributed by atoms with van der Waals surface area (Å²) in [5, 5.41) is 1.66. The van der Waals surface area contributed by atoms with Gasteiger partial charge in [0.2, 0.25) is 0 Å². The predicted octanol–water partition coefficient (Wildman–Crippen LogP) is 1.03. The van der Waals surface area contributed by atoms with E-state index in [-0.39, 0.29) is 6.42 Å². The van der Waals surface area contributed by atoms with Crippen LogP contribution < -0.4 is 5.32 Å². The topological polar surface area (TPSA) is 79.3 Å². The highest BCUT2D eigenvalue weighted by molar-refractivity contribution is 9.10. The first kappa shape index (κ1) is 9.88. The highest BCUT2D eigenvalue weighted by Gasteiger charge is 2.31. The number of fused-ring (bicyclic) bond motifs is 1. The smallest absolute Gasteiger partial charge is 0.286 e. The van der Waals surface area contributed by atoms with Gasteiger partial charge in [-0.25, -0.2) is 4.98 Å². The van der Waals surface area contributed by atoms with Crippen LogP contribution in [-0.2, 0) is 16.5 Å². The van der Waals surface area contributed by atoms with E-state index in [1.165, 1.54) is 0 Å². The van der Waals surface area contributed by atoms with Crippen LogP contribution in [0.1, 0.15) is 5.56 Å². The number of nitrogens with one attached hydrogen (secondary N) is 1. The van der Waals surface area contributed by atoms with E-state index in [0.717, 1.165) is 10.0 Å². The molecule has 0 spiro atoms. The summed E-state index contributed by atoms with van der Waals surface area (Å²) in [4.78, 5) is 3.99. The van der Waals surface area contributed by atoms with Crippen LogP contribution in [0.25, 0.3) is 0 Å². The molecule has 2 heterocycles. The van der Waals surface area contributed by atoms with Crippen LogP contribution in [0, 0.1) is 0 Å². The summed E-state index contributed by atoms with van der Waals surface area (Å²) in [6, 6.07) is 1.78. The van der Waals surface area contributed by atoms with Gasteiger partial charge < -0.3 is 5.32 Å². The molecule has 1 aliphatic heterocycles. The zero-order valence-electron chi connectivity index (χ0n) is 6.94. The Kier molecular flexibility index (Phi) is 2.24. The molecule has 2 N–H and O–H groups in total. The van der Waals surface area contributed by atoms with Gasteiger partial charge in [0.15, 0.2) is 5.37 Å². The minimum Gasteiger partial charge on any atom is -0.351 e. The maximum absolute atomic E-state index is 10.8. The predicted molar refractivity (Wildman–Crippen MR) is 54.6 cm³/mol. The van der Waals surface area contributed by atoms with Crippen LogP contribution >= 0.6 is 15.9 Å². The zero-order valence-corrected chi connectivity index (χ0v) is 9.34. The third-order valence-corrected chi connectivity index (χ3v) is 3.43. The molecular formula is C7H7BrN2O3S. The molecule has 14 heavy (non-hydrogen) atoms. The fourth-order valence-corrected chi connectivity index (χ4v) is 2.38. The molecule has 76 valence electrons. The van der Waals surface area contributed by atoms with Crippen LogP contribution in [-0.4, -0.2) is 23.3 Å². The van der Waals surface area contributed by atoms with E-state index in [9.17, 15) is 8.42 Å². The van der Waals surface area contributed by atoms with E-state index in [1.807, 2.05) is 0 Å². The van der Waals surface area contributed by atoms with Crippen molar-refractivity contribution in [1.29, 1.82) is 0 Å². The number of pyridine rings is 1. The molecule has 0 fully saturated rings. The first-order chi connectivity index (χ1) is 6.47. The molecule has 5 nitrogen and oxygen atoms in total. The van der Waals surface area contributed by atoms with Crippen LogP contribution in [0.2, 0.25) is 0 Å². The van der Waals surface area contributed by atoms with Gasteiger partial charge in [-0.3, -0.25) is 4.55 Å². The summed E-state index contributed by atoms with van der Waals surface area (Å²) in [6.07, 6.45) is 1.80. The molecule has 1 unspecified atom stereocenters. The molecule has 0 amide bonds. The number of hydrogen-bond donors (Lipinski definition) is 2. The number of aromatic nitrogens is 1. The maximum Gasteiger partial charge on any atom is 0.286 e. The van der Waals surface area contributed by atoms with E-state index < -0.39 is 15.5 Å². The molecule has 0 saturated carbocycles. The maximum atomic E-state index is 10.8. The minimum absolute atomic E-state index is 0.237. The minimum atomic E-state index is -4.05. The zero-order chi connectivity index (χ0) is 10.3. The molecule has 1 atom stereocenters. The second-order valence-corrected chi connectivity index (χ2v) is 5.53. The summed E-state index contributed by atoms with van der Waals surface area (Å²) >= 11 is 3.23. The van der Waals surface area contributed by atoms with Gasteiger partial charge in [0, 0.05) is 17.1 Å². The standard InChI is InChI=1S/C7H7BrN2O3S/c8-5-1-4-2-6(14(11,12)13)10-7(4)9-3-5/h1,3,6H,2H2,(H,9,10)(H,11,12,13). The lowest BCUT2D eigenvalue weighted by atomic mass is 10.2. The van der Waals surface area contributed by atoms with E-state index >= 15 is 0 Å². The monoisotopic (exact) mass is 278 g/mol. The quantitative estimate of drug-likeness (QED) is 0.750. The molecule has 0 bridgehead atoms. The summed E-state index contributed by atoms with van der Waals surface area (Å²) in [5.74, 6) is 0.510. The SMILES string of the molecule is O=S(=O)(O)C1Cc2cc(Br)cnc2N1. The Morgan fingerprint density at radius 2 is 2.36 bits per heavy atom. The van der Waals surface area contributed by atoms with Crippen molar-refractivity contribution in [3.8, 4) is 0 Å². The molecule has 2 rings (SSSR count). The van der Waals surface area contributed by atoms with E-state index in [4.69, 9.17) is 4.55 Å². The molecule has 1 aliphatic rings. The van der Waals surface area contributed by atoms with Crippen LogP contribution in [0.15, 0.2) is 16.7 Å². The highest BCUT2D eigenvalue weighted by atomic mass is 79.9. The van der Waals surface area contributed by atoms with E-state index in [1.54, 1.807) is 12.3 Å². The first-order valence-corrected chi connectivity index (χ1v) is 6.14. The van der Waals surface area contributed by atoms with Crippen molar-refractivity contribution in [3.05, 3.63) is 22.3 Å². The Balaban J connectivity index is 2.35. The van der Waals surface area contributed by atoms with Crippen molar-refractivity contribution in [2.75, 3.05) is 5.32 Å². The first-order valence-electron chi connectivity index (χ1n) is 3.84. The van der Waals surface area contributed by atoms with Gasteiger partial charge in [-0.15, -0.1) is 0 Å². The van der Waals surface area contributed by atoms with E-state index in [0.29, 0.717) is 5.82 Å². The molecular weight excluding hydrogens is 272 g/mol. The summed E-state index contributed by atoms with van der Waals surface area (Å²) in [7, 11) is -4.05. The van der Waals surface area contributed by atoms with Crippen molar-refractivity contribution < 1.29 is 13.0 Å². The van der Waals surface area contributed by atoms with Crippen LogP contribution in [0.4, 0.5) is 5.82 Å². The molecule has 0 aliphatic carbocycles. The lowest BCUT2D eigenvalue weighted by molar-refractivity contribution is 0.473. The van der Waals surface area contributed by atoms with Gasteiger partial charge in [-0.2, -0.15) is 8.42 Å². The Morgan fingerprint density at radius 1 is 1.64 bits per heavy atom. The largest absolute Gasteiger partial charge is 0.351 e. The third-order valence-electron chi connectivity index (χ3n) is 2.00. The normalized spacial score (nSPS) is 20.3. The van der Waals surface area contributed by atoms with Gasteiger partial charge in [-0.1, -0.05) is 0 Å². The number of rotatable bonds is 1. The average Bonchev–Trinajstić information content (AvgIpc) is 2.45. The van der Waals surface area contributed by atoms with Crippen LogP contribution in [0.5, 0.6) is 0 Å². The lowest BCUT2D eigenvalue weighted by Gasteiger charge is -2.05. The van der Waals surface area contributed by atoms with Gasteiger partial charge in [0.05, 0.1) is 0 Å². The number of hydrogen-bond acceptors (Lipinski definition) is 4. The second kappa shape index (κ2) is 3.18. The number of nitrogens with zero attached hydrogens (tertiary/aromatic N) is 1. The number of halogens is 1. The number of anilines is 1. The average molecular weight is 279 g/mol. The lowest BCUT2D eigenvalue weighted by Crippen LogP contribution is -2.26. The van der Waals surface area contributed by atoms with Crippen molar-refractivity contribution in [3.63, 3.8) is 0 Å². The van der Waals surface area contributed by atoms with E-state index in [2.05, 4.69) is 26.2 Å². The van der Waals surface area contributed by atoms with Crippen LogP contribution in [0.3, 0.4) is 0 Å².